The molecule has 2 heterocycles. The molecule has 6 nitrogen and oxygen atoms in total. The summed E-state index contributed by atoms with van der Waals surface area (Å²) in [7, 11) is 0. The molecule has 0 aliphatic rings. The van der Waals surface area contributed by atoms with E-state index in [-0.39, 0.29) is 5.96 Å². The first-order chi connectivity index (χ1) is 12.1. The number of benzene rings is 2. The van der Waals surface area contributed by atoms with Crippen LogP contribution in [0.3, 0.4) is 0 Å². The predicted octanol–water partition coefficient (Wildman–Crippen LogP) is 2.59. The van der Waals surface area contributed by atoms with Gasteiger partial charge in [0.05, 0.1) is 22.3 Å². The number of aliphatic imine (C=N–C) groups is 1. The summed E-state index contributed by atoms with van der Waals surface area (Å²) in [4.78, 5) is 20.6. The highest BCUT2D eigenvalue weighted by Gasteiger charge is 2.16. The Morgan fingerprint density at radius 1 is 1.00 bits per heavy atom. The lowest BCUT2D eigenvalue weighted by atomic mass is 10.1. The Labute approximate surface area is 143 Å². The van der Waals surface area contributed by atoms with Gasteiger partial charge in [-0.3, -0.25) is 9.78 Å². The Kier molecular flexibility index (Phi) is 3.43. The molecule has 6 heteroatoms. The molecule has 1 amide bonds. The third-order valence-electron chi connectivity index (χ3n) is 4.04. The van der Waals surface area contributed by atoms with Crippen molar-refractivity contribution >= 4 is 33.7 Å². The van der Waals surface area contributed by atoms with Gasteiger partial charge in [-0.1, -0.05) is 36.4 Å². The lowest BCUT2D eigenvalue weighted by Crippen LogP contribution is -2.24. The maximum absolute atomic E-state index is 12.4. The van der Waals surface area contributed by atoms with Gasteiger partial charge in [-0.15, -0.1) is 0 Å². The van der Waals surface area contributed by atoms with Crippen LogP contribution in [-0.2, 0) is 0 Å². The van der Waals surface area contributed by atoms with E-state index in [0.717, 1.165) is 27.5 Å². The molecule has 2 aromatic heterocycles. The summed E-state index contributed by atoms with van der Waals surface area (Å²) < 4.78 is 1.94. The van der Waals surface area contributed by atoms with Gasteiger partial charge in [0, 0.05) is 23.2 Å². The number of hydrogen-bond acceptors (Lipinski definition) is 2. The normalized spacial score (nSPS) is 10.9. The maximum Gasteiger partial charge on any atom is 0.282 e. The second kappa shape index (κ2) is 5.76. The Morgan fingerprint density at radius 2 is 1.80 bits per heavy atom. The summed E-state index contributed by atoms with van der Waals surface area (Å²) in [6.45, 7) is 0. The second-order valence-electron chi connectivity index (χ2n) is 5.62. The number of rotatable bonds is 2. The Balaban J connectivity index is 2.03. The third kappa shape index (κ3) is 2.49. The summed E-state index contributed by atoms with van der Waals surface area (Å²) in [6, 6.07) is 17.5. The average Bonchev–Trinajstić information content (AvgIpc) is 3.00. The average molecular weight is 329 g/mol. The molecular formula is C19H15N5O. The van der Waals surface area contributed by atoms with Crippen LogP contribution in [0.15, 0.2) is 72.0 Å². The minimum atomic E-state index is -0.469. The molecule has 0 radical (unpaired) electrons. The van der Waals surface area contributed by atoms with Crippen molar-refractivity contribution in [2.45, 2.75) is 0 Å². The first-order valence-electron chi connectivity index (χ1n) is 7.73. The number of carbonyl (C=O) groups excluding carboxylic acids is 1. The summed E-state index contributed by atoms with van der Waals surface area (Å²) in [5, 5.41) is 1.81. The minimum Gasteiger partial charge on any atom is -0.370 e. The predicted molar refractivity (Wildman–Crippen MR) is 98.7 cm³/mol. The highest BCUT2D eigenvalue weighted by Crippen LogP contribution is 2.28. The van der Waals surface area contributed by atoms with E-state index in [0.29, 0.717) is 5.56 Å². The van der Waals surface area contributed by atoms with E-state index in [2.05, 4.69) is 9.98 Å². The number of aromatic nitrogens is 2. The van der Waals surface area contributed by atoms with Crippen molar-refractivity contribution in [2.75, 3.05) is 0 Å². The van der Waals surface area contributed by atoms with Crippen molar-refractivity contribution < 1.29 is 4.79 Å². The summed E-state index contributed by atoms with van der Waals surface area (Å²) >= 11 is 0. The van der Waals surface area contributed by atoms with E-state index >= 15 is 0 Å². The number of hydrogen-bond donors (Lipinski definition) is 2. The minimum absolute atomic E-state index is 0.256. The smallest absolute Gasteiger partial charge is 0.282 e. The quantitative estimate of drug-likeness (QED) is 0.436. The SMILES string of the molecule is NC(N)=NC(=O)c1cn(-c2cccc3cccnc23)c2ccccc12. The van der Waals surface area contributed by atoms with E-state index in [1.165, 1.54) is 0 Å². The monoisotopic (exact) mass is 329 g/mol. The molecule has 0 fully saturated rings. The first kappa shape index (κ1) is 14.9. The molecule has 0 unspecified atom stereocenters. The number of nitrogens with zero attached hydrogens (tertiary/aromatic N) is 3. The second-order valence-corrected chi connectivity index (χ2v) is 5.62. The molecule has 0 atom stereocenters. The van der Waals surface area contributed by atoms with Crippen LogP contribution in [0.1, 0.15) is 10.4 Å². The van der Waals surface area contributed by atoms with Crippen molar-refractivity contribution in [3.05, 3.63) is 72.6 Å². The van der Waals surface area contributed by atoms with Crippen molar-refractivity contribution in [1.29, 1.82) is 0 Å². The van der Waals surface area contributed by atoms with Gasteiger partial charge < -0.3 is 16.0 Å². The van der Waals surface area contributed by atoms with E-state index in [1.54, 1.807) is 12.4 Å². The molecule has 0 spiro atoms. The maximum atomic E-state index is 12.4. The van der Waals surface area contributed by atoms with Crippen molar-refractivity contribution in [2.24, 2.45) is 16.5 Å². The lowest BCUT2D eigenvalue weighted by molar-refractivity contribution is 0.100. The Bertz CT molecular complexity index is 1130. The number of para-hydroxylation sites is 2. The zero-order valence-corrected chi connectivity index (χ0v) is 13.3. The Hall–Kier alpha value is -3.67. The van der Waals surface area contributed by atoms with Crippen LogP contribution in [0.25, 0.3) is 27.5 Å². The molecule has 2 aromatic carbocycles. The fourth-order valence-electron chi connectivity index (χ4n) is 3.01. The van der Waals surface area contributed by atoms with Gasteiger partial charge in [0.15, 0.2) is 5.96 Å². The van der Waals surface area contributed by atoms with Gasteiger partial charge in [-0.2, -0.15) is 4.99 Å². The van der Waals surface area contributed by atoms with Crippen LogP contribution in [0.2, 0.25) is 0 Å². The zero-order valence-electron chi connectivity index (χ0n) is 13.3. The fourth-order valence-corrected chi connectivity index (χ4v) is 3.01. The molecule has 25 heavy (non-hydrogen) atoms. The zero-order chi connectivity index (χ0) is 17.4. The van der Waals surface area contributed by atoms with Crippen LogP contribution >= 0.6 is 0 Å². The van der Waals surface area contributed by atoms with E-state index in [1.807, 2.05) is 59.2 Å². The van der Waals surface area contributed by atoms with Crippen LogP contribution < -0.4 is 11.5 Å². The van der Waals surface area contributed by atoms with E-state index < -0.39 is 5.91 Å². The summed E-state index contributed by atoms with van der Waals surface area (Å²) in [5.41, 5.74) is 13.8. The van der Waals surface area contributed by atoms with Gasteiger partial charge in [0.25, 0.3) is 5.91 Å². The first-order valence-corrected chi connectivity index (χ1v) is 7.73. The number of carbonyl (C=O) groups is 1. The largest absolute Gasteiger partial charge is 0.370 e. The van der Waals surface area contributed by atoms with Crippen LogP contribution in [0.5, 0.6) is 0 Å². The number of nitrogens with two attached hydrogens (primary N) is 2. The van der Waals surface area contributed by atoms with Crippen LogP contribution in [-0.4, -0.2) is 21.4 Å². The molecule has 4 aromatic rings. The lowest BCUT2D eigenvalue weighted by Gasteiger charge is -2.08. The molecule has 122 valence electrons. The molecular weight excluding hydrogens is 314 g/mol. The Morgan fingerprint density at radius 3 is 2.64 bits per heavy atom. The van der Waals surface area contributed by atoms with Gasteiger partial charge in [-0.05, 0) is 18.2 Å². The highest BCUT2D eigenvalue weighted by atomic mass is 16.1. The van der Waals surface area contributed by atoms with E-state index in [4.69, 9.17) is 11.5 Å². The fraction of sp³-hybridized carbons (Fsp3) is 0. The molecule has 4 rings (SSSR count). The topological polar surface area (TPSA) is 99.3 Å². The standard InChI is InChI=1S/C19H15N5O/c20-19(21)23-18(25)14-11-24(15-8-2-1-7-13(14)15)16-9-3-5-12-6-4-10-22-17(12)16/h1-11H,(H4,20,21,23,25). The van der Waals surface area contributed by atoms with Crippen molar-refractivity contribution in [1.82, 2.24) is 9.55 Å². The third-order valence-corrected chi connectivity index (χ3v) is 4.04. The summed E-state index contributed by atoms with van der Waals surface area (Å²) in [5.74, 6) is -0.725. The molecule has 4 N–H and O–H groups in total. The van der Waals surface area contributed by atoms with Gasteiger partial charge in [-0.25, -0.2) is 0 Å². The van der Waals surface area contributed by atoms with Gasteiger partial charge in [0.2, 0.25) is 0 Å². The summed E-state index contributed by atoms with van der Waals surface area (Å²) in [6.07, 6.45) is 3.51. The number of amides is 1. The number of fused-ring (bicyclic) bond motifs is 2. The van der Waals surface area contributed by atoms with Crippen molar-refractivity contribution in [3.63, 3.8) is 0 Å². The molecule has 0 aliphatic carbocycles. The van der Waals surface area contributed by atoms with Gasteiger partial charge >= 0.3 is 0 Å². The molecule has 0 saturated heterocycles. The van der Waals surface area contributed by atoms with Crippen molar-refractivity contribution in [3.8, 4) is 5.69 Å². The van der Waals surface area contributed by atoms with Crippen LogP contribution in [0, 0.1) is 0 Å². The van der Waals surface area contributed by atoms with Crippen LogP contribution in [0.4, 0.5) is 0 Å². The molecule has 0 saturated carbocycles. The number of pyridine rings is 1. The molecule has 0 aliphatic heterocycles. The molecule has 0 bridgehead atoms. The van der Waals surface area contributed by atoms with E-state index in [9.17, 15) is 4.79 Å². The van der Waals surface area contributed by atoms with Gasteiger partial charge in [0.1, 0.15) is 0 Å². The highest BCUT2D eigenvalue weighted by molar-refractivity contribution is 6.11. The number of guanidine groups is 1.